The van der Waals surface area contributed by atoms with Gasteiger partial charge in [0.05, 0.1) is 5.69 Å². The molecule has 100 valence electrons. The quantitative estimate of drug-likeness (QED) is 0.894. The Balaban J connectivity index is 1.85. The number of anilines is 1. The molecule has 0 aliphatic carbocycles. The van der Waals surface area contributed by atoms with E-state index < -0.39 is 0 Å². The van der Waals surface area contributed by atoms with E-state index in [9.17, 15) is 0 Å². The average molecular weight is 321 g/mol. The summed E-state index contributed by atoms with van der Waals surface area (Å²) in [6.07, 6.45) is 1.16. The number of aromatic nitrogens is 2. The molecule has 5 heteroatoms. The topological polar surface area (TPSA) is 44.0 Å². The van der Waals surface area contributed by atoms with E-state index >= 15 is 0 Å². The summed E-state index contributed by atoms with van der Waals surface area (Å²) in [6, 6.07) is 10.3. The number of aromatic amines is 1. The molecule has 0 atom stereocenters. The molecule has 1 aliphatic rings. The SMILES string of the molecule is Brc1ccccc1-c1cc(N2CCCNCC2)n[nH]1. The lowest BCUT2D eigenvalue weighted by Gasteiger charge is -2.18. The highest BCUT2D eigenvalue weighted by atomic mass is 79.9. The minimum absolute atomic E-state index is 1.01. The summed E-state index contributed by atoms with van der Waals surface area (Å²) in [5.41, 5.74) is 2.20. The van der Waals surface area contributed by atoms with Crippen LogP contribution in [-0.4, -0.2) is 36.4 Å². The second-order valence-corrected chi connectivity index (χ2v) is 5.56. The van der Waals surface area contributed by atoms with Gasteiger partial charge in [0.1, 0.15) is 0 Å². The fourth-order valence-corrected chi connectivity index (χ4v) is 2.86. The van der Waals surface area contributed by atoms with Gasteiger partial charge in [-0.2, -0.15) is 5.10 Å². The number of hydrogen-bond acceptors (Lipinski definition) is 3. The number of nitrogens with one attached hydrogen (secondary N) is 2. The molecule has 1 aliphatic heterocycles. The molecule has 2 aromatic rings. The van der Waals surface area contributed by atoms with E-state index in [4.69, 9.17) is 0 Å². The van der Waals surface area contributed by atoms with Crippen LogP contribution in [0.3, 0.4) is 0 Å². The highest BCUT2D eigenvalue weighted by Crippen LogP contribution is 2.28. The zero-order chi connectivity index (χ0) is 13.1. The minimum atomic E-state index is 1.01. The fraction of sp³-hybridized carbons (Fsp3) is 0.357. The lowest BCUT2D eigenvalue weighted by Crippen LogP contribution is -2.28. The Hall–Kier alpha value is -1.33. The van der Waals surface area contributed by atoms with Gasteiger partial charge in [-0.15, -0.1) is 0 Å². The molecular formula is C14H17BrN4. The summed E-state index contributed by atoms with van der Waals surface area (Å²) < 4.78 is 1.09. The molecule has 1 aromatic heterocycles. The maximum atomic E-state index is 4.45. The van der Waals surface area contributed by atoms with Crippen LogP contribution < -0.4 is 10.2 Å². The standard InChI is InChI=1S/C14H17BrN4/c15-12-5-2-1-4-11(12)13-10-14(18-17-13)19-8-3-6-16-7-9-19/h1-2,4-5,10,16H,3,6-9H2,(H,17,18). The summed E-state index contributed by atoms with van der Waals surface area (Å²) in [4.78, 5) is 2.33. The smallest absolute Gasteiger partial charge is 0.151 e. The Bertz CT molecular complexity index is 544. The minimum Gasteiger partial charge on any atom is -0.354 e. The van der Waals surface area contributed by atoms with Crippen molar-refractivity contribution in [2.75, 3.05) is 31.1 Å². The van der Waals surface area contributed by atoms with Crippen molar-refractivity contribution in [2.24, 2.45) is 0 Å². The van der Waals surface area contributed by atoms with Gasteiger partial charge in [0.25, 0.3) is 0 Å². The third-order valence-electron chi connectivity index (χ3n) is 3.39. The van der Waals surface area contributed by atoms with Gasteiger partial charge in [0.2, 0.25) is 0 Å². The lowest BCUT2D eigenvalue weighted by molar-refractivity contribution is 0.724. The van der Waals surface area contributed by atoms with Crippen molar-refractivity contribution in [3.05, 3.63) is 34.8 Å². The van der Waals surface area contributed by atoms with Crippen molar-refractivity contribution in [3.63, 3.8) is 0 Å². The Kier molecular flexibility index (Phi) is 3.84. The zero-order valence-corrected chi connectivity index (χ0v) is 12.3. The zero-order valence-electron chi connectivity index (χ0n) is 10.7. The van der Waals surface area contributed by atoms with Gasteiger partial charge in [-0.05, 0) is 19.0 Å². The first-order valence-electron chi connectivity index (χ1n) is 6.60. The summed E-state index contributed by atoms with van der Waals surface area (Å²) in [7, 11) is 0. The van der Waals surface area contributed by atoms with E-state index in [1.165, 1.54) is 0 Å². The summed E-state index contributed by atoms with van der Waals surface area (Å²) in [5, 5.41) is 11.0. The maximum Gasteiger partial charge on any atom is 0.151 e. The molecule has 3 rings (SSSR count). The van der Waals surface area contributed by atoms with Crippen LogP contribution in [0.2, 0.25) is 0 Å². The molecule has 0 unspecified atom stereocenters. The lowest BCUT2D eigenvalue weighted by atomic mass is 10.1. The highest BCUT2D eigenvalue weighted by Gasteiger charge is 2.13. The summed E-state index contributed by atoms with van der Waals surface area (Å²) in [6.45, 7) is 4.20. The predicted molar refractivity (Wildman–Crippen MR) is 81.4 cm³/mol. The molecule has 0 radical (unpaired) electrons. The first kappa shape index (κ1) is 12.7. The van der Waals surface area contributed by atoms with E-state index in [0.29, 0.717) is 0 Å². The molecule has 0 saturated carbocycles. The molecule has 1 fully saturated rings. The molecule has 2 N–H and O–H groups in total. The Morgan fingerprint density at radius 1 is 1.16 bits per heavy atom. The molecule has 1 saturated heterocycles. The van der Waals surface area contributed by atoms with Crippen molar-refractivity contribution in [2.45, 2.75) is 6.42 Å². The van der Waals surface area contributed by atoms with Crippen molar-refractivity contribution >= 4 is 21.7 Å². The number of rotatable bonds is 2. The van der Waals surface area contributed by atoms with Crippen molar-refractivity contribution in [1.29, 1.82) is 0 Å². The van der Waals surface area contributed by atoms with Crippen LogP contribution in [0.25, 0.3) is 11.3 Å². The van der Waals surface area contributed by atoms with Crippen LogP contribution in [0.15, 0.2) is 34.8 Å². The first-order valence-corrected chi connectivity index (χ1v) is 7.40. The average Bonchev–Trinajstić information content (AvgIpc) is 2.75. The normalized spacial score (nSPS) is 16.4. The molecule has 0 amide bonds. The van der Waals surface area contributed by atoms with Crippen LogP contribution in [0.1, 0.15) is 6.42 Å². The Morgan fingerprint density at radius 3 is 2.95 bits per heavy atom. The number of H-pyrrole nitrogens is 1. The molecule has 0 bridgehead atoms. The van der Waals surface area contributed by atoms with Crippen molar-refractivity contribution in [3.8, 4) is 11.3 Å². The van der Waals surface area contributed by atoms with Gasteiger partial charge in [0, 0.05) is 35.7 Å². The van der Waals surface area contributed by atoms with Gasteiger partial charge in [0.15, 0.2) is 5.82 Å². The van der Waals surface area contributed by atoms with Crippen LogP contribution in [-0.2, 0) is 0 Å². The number of hydrogen-bond donors (Lipinski definition) is 2. The fourth-order valence-electron chi connectivity index (χ4n) is 2.37. The van der Waals surface area contributed by atoms with E-state index in [1.54, 1.807) is 0 Å². The molecular weight excluding hydrogens is 304 g/mol. The number of nitrogens with zero attached hydrogens (tertiary/aromatic N) is 2. The Labute approximate surface area is 121 Å². The second kappa shape index (κ2) is 5.75. The summed E-state index contributed by atoms with van der Waals surface area (Å²) >= 11 is 3.58. The van der Waals surface area contributed by atoms with Gasteiger partial charge in [-0.3, -0.25) is 5.10 Å². The van der Waals surface area contributed by atoms with Gasteiger partial charge < -0.3 is 10.2 Å². The van der Waals surface area contributed by atoms with E-state index in [2.05, 4.69) is 48.5 Å². The van der Waals surface area contributed by atoms with Crippen LogP contribution in [0.4, 0.5) is 5.82 Å². The van der Waals surface area contributed by atoms with Crippen LogP contribution in [0, 0.1) is 0 Å². The molecule has 4 nitrogen and oxygen atoms in total. The first-order chi connectivity index (χ1) is 9.34. The van der Waals surface area contributed by atoms with Crippen LogP contribution in [0.5, 0.6) is 0 Å². The largest absolute Gasteiger partial charge is 0.354 e. The van der Waals surface area contributed by atoms with E-state index in [0.717, 1.165) is 54.1 Å². The Morgan fingerprint density at radius 2 is 2.05 bits per heavy atom. The van der Waals surface area contributed by atoms with E-state index in [1.807, 2.05) is 18.2 Å². The molecule has 0 spiro atoms. The third-order valence-corrected chi connectivity index (χ3v) is 4.08. The molecule has 19 heavy (non-hydrogen) atoms. The number of halogens is 1. The predicted octanol–water partition coefficient (Wildman–Crippen LogP) is 2.64. The van der Waals surface area contributed by atoms with Gasteiger partial charge >= 0.3 is 0 Å². The maximum absolute atomic E-state index is 4.45. The molecule has 1 aromatic carbocycles. The van der Waals surface area contributed by atoms with Crippen molar-refractivity contribution in [1.82, 2.24) is 15.5 Å². The third kappa shape index (κ3) is 2.82. The highest BCUT2D eigenvalue weighted by molar-refractivity contribution is 9.10. The monoisotopic (exact) mass is 320 g/mol. The van der Waals surface area contributed by atoms with Crippen molar-refractivity contribution < 1.29 is 0 Å². The number of benzene rings is 1. The van der Waals surface area contributed by atoms with Gasteiger partial charge in [-0.25, -0.2) is 0 Å². The van der Waals surface area contributed by atoms with E-state index in [-0.39, 0.29) is 0 Å². The van der Waals surface area contributed by atoms with Crippen LogP contribution >= 0.6 is 15.9 Å². The summed E-state index contributed by atoms with van der Waals surface area (Å²) in [5.74, 6) is 1.04. The molecule has 2 heterocycles. The van der Waals surface area contributed by atoms with Gasteiger partial charge in [-0.1, -0.05) is 34.1 Å². The second-order valence-electron chi connectivity index (χ2n) is 4.71.